The van der Waals surface area contributed by atoms with Gasteiger partial charge in [0.1, 0.15) is 12.1 Å². The molecule has 1 aliphatic heterocycles. The van der Waals surface area contributed by atoms with Crippen LogP contribution in [0.15, 0.2) is 18.6 Å². The Morgan fingerprint density at radius 2 is 2.31 bits per heavy atom. The molecule has 0 amide bonds. The molecular formula is C13H17N3. The van der Waals surface area contributed by atoms with Crippen LogP contribution in [0.5, 0.6) is 0 Å². The highest BCUT2D eigenvalue weighted by Crippen LogP contribution is 2.25. The molecule has 0 spiro atoms. The van der Waals surface area contributed by atoms with Crippen molar-refractivity contribution in [3.05, 3.63) is 18.6 Å². The molecule has 1 saturated heterocycles. The van der Waals surface area contributed by atoms with Gasteiger partial charge in [0.2, 0.25) is 0 Å². The maximum absolute atomic E-state index is 5.22. The third-order valence-corrected chi connectivity index (χ3v) is 3.03. The van der Waals surface area contributed by atoms with Crippen molar-refractivity contribution in [2.45, 2.75) is 25.7 Å². The minimum Gasteiger partial charge on any atom is -0.356 e. The molecule has 3 nitrogen and oxygen atoms in total. The summed E-state index contributed by atoms with van der Waals surface area (Å²) in [6, 6.07) is 1.97. The summed E-state index contributed by atoms with van der Waals surface area (Å²) in [4.78, 5) is 10.5. The topological polar surface area (TPSA) is 29.0 Å². The van der Waals surface area contributed by atoms with E-state index in [1.807, 2.05) is 6.07 Å². The zero-order valence-electron chi connectivity index (χ0n) is 9.47. The Morgan fingerprint density at radius 3 is 3.00 bits per heavy atom. The van der Waals surface area contributed by atoms with E-state index in [4.69, 9.17) is 6.42 Å². The van der Waals surface area contributed by atoms with E-state index in [0.29, 0.717) is 0 Å². The molecule has 0 radical (unpaired) electrons. The fourth-order valence-electron chi connectivity index (χ4n) is 2.07. The Morgan fingerprint density at radius 1 is 1.44 bits per heavy atom. The molecule has 1 aliphatic rings. The van der Waals surface area contributed by atoms with E-state index in [1.165, 1.54) is 19.3 Å². The smallest absolute Gasteiger partial charge is 0.131 e. The van der Waals surface area contributed by atoms with E-state index in [9.17, 15) is 0 Å². The second-order valence-corrected chi connectivity index (χ2v) is 4.29. The van der Waals surface area contributed by atoms with Crippen LogP contribution in [0.1, 0.15) is 25.7 Å². The molecule has 2 rings (SSSR count). The molecule has 0 saturated carbocycles. The molecule has 1 aromatic heterocycles. The second-order valence-electron chi connectivity index (χ2n) is 4.29. The zero-order valence-corrected chi connectivity index (χ0v) is 9.47. The number of anilines is 1. The molecular weight excluding hydrogens is 198 g/mol. The van der Waals surface area contributed by atoms with Crippen LogP contribution in [0.4, 0.5) is 5.82 Å². The summed E-state index contributed by atoms with van der Waals surface area (Å²) in [5.74, 6) is 4.56. The van der Waals surface area contributed by atoms with Crippen molar-refractivity contribution in [3.8, 4) is 12.3 Å². The molecule has 0 aromatic carbocycles. The Balaban J connectivity index is 1.65. The molecule has 1 fully saturated rings. The fourth-order valence-corrected chi connectivity index (χ4v) is 2.07. The summed E-state index contributed by atoms with van der Waals surface area (Å²) in [5.41, 5.74) is 0. The number of hydrogen-bond acceptors (Lipinski definition) is 3. The van der Waals surface area contributed by atoms with E-state index >= 15 is 0 Å². The number of unbranched alkanes of at least 4 members (excludes halogenated alkanes) is 2. The van der Waals surface area contributed by atoms with E-state index < -0.39 is 0 Å². The number of rotatable bonds is 5. The van der Waals surface area contributed by atoms with Crippen LogP contribution in [0.25, 0.3) is 0 Å². The zero-order chi connectivity index (χ0) is 11.2. The molecule has 16 heavy (non-hydrogen) atoms. The molecule has 0 atom stereocenters. The van der Waals surface area contributed by atoms with Gasteiger partial charge in [0.05, 0.1) is 0 Å². The van der Waals surface area contributed by atoms with E-state index in [-0.39, 0.29) is 0 Å². The van der Waals surface area contributed by atoms with Crippen molar-refractivity contribution in [2.24, 2.45) is 5.92 Å². The summed E-state index contributed by atoms with van der Waals surface area (Å²) in [7, 11) is 0. The van der Waals surface area contributed by atoms with Gasteiger partial charge in [0.15, 0.2) is 0 Å². The first-order chi connectivity index (χ1) is 7.90. The van der Waals surface area contributed by atoms with Crippen molar-refractivity contribution >= 4 is 5.82 Å². The summed E-state index contributed by atoms with van der Waals surface area (Å²) in [6.45, 7) is 2.26. The minimum atomic E-state index is 0.827. The highest BCUT2D eigenvalue weighted by Gasteiger charge is 2.26. The lowest BCUT2D eigenvalue weighted by Crippen LogP contribution is -2.47. The molecule has 84 valence electrons. The molecule has 2 heterocycles. The molecule has 0 N–H and O–H groups in total. The van der Waals surface area contributed by atoms with Gasteiger partial charge in [-0.15, -0.1) is 12.3 Å². The number of nitrogens with zero attached hydrogens (tertiary/aromatic N) is 3. The third kappa shape index (κ3) is 2.73. The summed E-state index contributed by atoms with van der Waals surface area (Å²) >= 11 is 0. The van der Waals surface area contributed by atoms with Crippen LogP contribution in [0.2, 0.25) is 0 Å². The van der Waals surface area contributed by atoms with Gasteiger partial charge in [0.25, 0.3) is 0 Å². The first-order valence-electron chi connectivity index (χ1n) is 5.84. The van der Waals surface area contributed by atoms with Crippen LogP contribution >= 0.6 is 0 Å². The molecule has 0 aliphatic carbocycles. The number of terminal acetylenes is 1. The maximum Gasteiger partial charge on any atom is 0.131 e. The lowest BCUT2D eigenvalue weighted by atomic mass is 9.93. The van der Waals surface area contributed by atoms with Gasteiger partial charge in [-0.25, -0.2) is 9.97 Å². The number of hydrogen-bond donors (Lipinski definition) is 0. The number of aromatic nitrogens is 2. The predicted molar refractivity (Wildman–Crippen MR) is 65.0 cm³/mol. The molecule has 3 heteroatoms. The maximum atomic E-state index is 5.22. The first-order valence-corrected chi connectivity index (χ1v) is 5.84. The van der Waals surface area contributed by atoms with Crippen molar-refractivity contribution in [3.63, 3.8) is 0 Å². The van der Waals surface area contributed by atoms with Gasteiger partial charge in [0, 0.05) is 25.7 Å². The SMILES string of the molecule is C#CCCCCC1CN(c2ccncn2)C1. The lowest BCUT2D eigenvalue weighted by molar-refractivity contribution is 0.369. The van der Waals surface area contributed by atoms with Crippen molar-refractivity contribution in [2.75, 3.05) is 18.0 Å². The quantitative estimate of drug-likeness (QED) is 0.556. The van der Waals surface area contributed by atoms with Crippen molar-refractivity contribution in [1.82, 2.24) is 9.97 Å². The Kier molecular flexibility index (Phi) is 3.76. The summed E-state index contributed by atoms with van der Waals surface area (Å²) in [5, 5.41) is 0. The van der Waals surface area contributed by atoms with Gasteiger partial charge >= 0.3 is 0 Å². The Labute approximate surface area is 96.9 Å². The minimum absolute atomic E-state index is 0.827. The highest BCUT2D eigenvalue weighted by molar-refractivity contribution is 5.39. The van der Waals surface area contributed by atoms with E-state index in [0.717, 1.165) is 31.2 Å². The van der Waals surface area contributed by atoms with Gasteiger partial charge in [-0.3, -0.25) is 0 Å². The van der Waals surface area contributed by atoms with E-state index in [2.05, 4.69) is 20.8 Å². The molecule has 0 unspecified atom stereocenters. The normalized spacial score (nSPS) is 15.6. The van der Waals surface area contributed by atoms with Crippen LogP contribution < -0.4 is 4.90 Å². The van der Waals surface area contributed by atoms with Gasteiger partial charge in [-0.2, -0.15) is 0 Å². The van der Waals surface area contributed by atoms with Crippen LogP contribution in [-0.2, 0) is 0 Å². The highest BCUT2D eigenvalue weighted by atomic mass is 15.2. The molecule has 0 bridgehead atoms. The largest absolute Gasteiger partial charge is 0.356 e. The van der Waals surface area contributed by atoms with Gasteiger partial charge in [-0.1, -0.05) is 6.42 Å². The monoisotopic (exact) mass is 215 g/mol. The van der Waals surface area contributed by atoms with Crippen molar-refractivity contribution in [1.29, 1.82) is 0 Å². The van der Waals surface area contributed by atoms with Crippen molar-refractivity contribution < 1.29 is 0 Å². The average molecular weight is 215 g/mol. The third-order valence-electron chi connectivity index (χ3n) is 3.03. The summed E-state index contributed by atoms with van der Waals surface area (Å²) in [6.07, 6.45) is 13.3. The van der Waals surface area contributed by atoms with Crippen LogP contribution in [-0.4, -0.2) is 23.1 Å². The fraction of sp³-hybridized carbons (Fsp3) is 0.538. The second kappa shape index (κ2) is 5.50. The first kappa shape index (κ1) is 10.9. The molecule has 1 aromatic rings. The average Bonchev–Trinajstić information content (AvgIpc) is 2.28. The lowest BCUT2D eigenvalue weighted by Gasteiger charge is -2.40. The standard InChI is InChI=1S/C13H17N3/c1-2-3-4-5-6-12-9-16(10-12)13-7-8-14-11-15-13/h1,7-8,11-12H,3-6,9-10H2. The Bertz CT molecular complexity index is 349. The Hall–Kier alpha value is -1.56. The van der Waals surface area contributed by atoms with E-state index in [1.54, 1.807) is 12.5 Å². The van der Waals surface area contributed by atoms with Crippen LogP contribution in [0.3, 0.4) is 0 Å². The van der Waals surface area contributed by atoms with Gasteiger partial charge < -0.3 is 4.90 Å². The summed E-state index contributed by atoms with van der Waals surface area (Å²) < 4.78 is 0. The van der Waals surface area contributed by atoms with Crippen LogP contribution in [0, 0.1) is 18.3 Å². The predicted octanol–water partition coefficient (Wildman–Crippen LogP) is 2.11. The van der Waals surface area contributed by atoms with Gasteiger partial charge in [-0.05, 0) is 24.8 Å².